The van der Waals surface area contributed by atoms with E-state index in [1.165, 1.54) is 18.2 Å². The van der Waals surface area contributed by atoms with Gasteiger partial charge in [-0.15, -0.1) is 0 Å². The minimum absolute atomic E-state index is 0.0136. The van der Waals surface area contributed by atoms with E-state index in [1.807, 2.05) is 13.0 Å². The Bertz CT molecular complexity index is 971. The molecule has 0 heterocycles. The van der Waals surface area contributed by atoms with Gasteiger partial charge in [0.2, 0.25) is 0 Å². The fourth-order valence-electron chi connectivity index (χ4n) is 2.15. The van der Waals surface area contributed by atoms with E-state index in [4.69, 9.17) is 10.00 Å². The molecule has 0 fully saturated rings. The second kappa shape index (κ2) is 8.32. The van der Waals surface area contributed by atoms with Crippen molar-refractivity contribution < 1.29 is 17.9 Å². The number of carbonyl (C=O) groups excluding carboxylic acids is 1. The number of sulfonamides is 1. The molecule has 2 rings (SSSR count). The number of nitriles is 1. The number of aryl methyl sites for hydroxylation is 1. The lowest BCUT2D eigenvalue weighted by molar-refractivity contribution is -0.136. The summed E-state index contributed by atoms with van der Waals surface area (Å²) >= 11 is 0. The van der Waals surface area contributed by atoms with Gasteiger partial charge in [0.15, 0.2) is 0 Å². The highest BCUT2D eigenvalue weighted by Gasteiger charge is 2.17. The molecule has 0 saturated heterocycles. The predicted octanol–water partition coefficient (Wildman–Crippen LogP) is 2.75. The Labute approximate surface area is 152 Å². The molecule has 0 spiro atoms. The maximum atomic E-state index is 12.4. The quantitative estimate of drug-likeness (QED) is 0.623. The molecule has 26 heavy (non-hydrogen) atoms. The molecule has 6 nitrogen and oxygen atoms in total. The van der Waals surface area contributed by atoms with E-state index >= 15 is 0 Å². The number of hydrogen-bond acceptors (Lipinski definition) is 5. The zero-order chi connectivity index (χ0) is 19.2. The van der Waals surface area contributed by atoms with Gasteiger partial charge in [0, 0.05) is 6.20 Å². The molecule has 2 aromatic carbocycles. The summed E-state index contributed by atoms with van der Waals surface area (Å²) in [4.78, 5) is 12.3. The largest absolute Gasteiger partial charge is 0.462 e. The Balaban J connectivity index is 2.40. The molecule has 0 saturated carbocycles. The normalized spacial score (nSPS) is 11.5. The van der Waals surface area contributed by atoms with E-state index in [0.29, 0.717) is 11.1 Å². The van der Waals surface area contributed by atoms with Gasteiger partial charge in [-0.1, -0.05) is 29.8 Å². The molecular formula is C19H18N2O4S. The van der Waals surface area contributed by atoms with Crippen molar-refractivity contribution >= 4 is 21.6 Å². The maximum absolute atomic E-state index is 12.4. The lowest BCUT2D eigenvalue weighted by Gasteiger charge is -2.10. The van der Waals surface area contributed by atoms with Crippen LogP contribution >= 0.6 is 0 Å². The minimum atomic E-state index is -3.84. The van der Waals surface area contributed by atoms with Gasteiger partial charge in [0.25, 0.3) is 10.0 Å². The molecule has 0 atom stereocenters. The molecule has 0 aliphatic heterocycles. The van der Waals surface area contributed by atoms with E-state index in [-0.39, 0.29) is 17.1 Å². The first-order chi connectivity index (χ1) is 12.4. The van der Waals surface area contributed by atoms with Crippen LogP contribution in [0.25, 0.3) is 5.57 Å². The van der Waals surface area contributed by atoms with Gasteiger partial charge in [0.05, 0.1) is 28.7 Å². The number of nitrogens with zero attached hydrogens (tertiary/aromatic N) is 1. The van der Waals surface area contributed by atoms with E-state index in [1.54, 1.807) is 37.3 Å². The average Bonchev–Trinajstić information content (AvgIpc) is 2.62. The van der Waals surface area contributed by atoms with Gasteiger partial charge in [0.1, 0.15) is 0 Å². The molecule has 134 valence electrons. The van der Waals surface area contributed by atoms with Crippen molar-refractivity contribution in [3.8, 4) is 6.07 Å². The van der Waals surface area contributed by atoms with Gasteiger partial charge >= 0.3 is 5.97 Å². The second-order valence-corrected chi connectivity index (χ2v) is 7.12. The van der Waals surface area contributed by atoms with Gasteiger partial charge in [-0.2, -0.15) is 5.26 Å². The lowest BCUT2D eigenvalue weighted by Crippen LogP contribution is -2.20. The fourth-order valence-corrected chi connectivity index (χ4v) is 3.05. The predicted molar refractivity (Wildman–Crippen MR) is 97.3 cm³/mol. The first-order valence-electron chi connectivity index (χ1n) is 7.84. The van der Waals surface area contributed by atoms with Crippen LogP contribution in [0, 0.1) is 18.3 Å². The van der Waals surface area contributed by atoms with Crippen molar-refractivity contribution in [1.29, 1.82) is 5.26 Å². The van der Waals surface area contributed by atoms with Gasteiger partial charge in [-0.05, 0) is 43.7 Å². The van der Waals surface area contributed by atoms with Crippen molar-refractivity contribution in [3.05, 3.63) is 71.4 Å². The topological polar surface area (TPSA) is 96.3 Å². The van der Waals surface area contributed by atoms with Crippen molar-refractivity contribution in [3.63, 3.8) is 0 Å². The number of rotatable bonds is 6. The summed E-state index contributed by atoms with van der Waals surface area (Å²) < 4.78 is 32.1. The van der Waals surface area contributed by atoms with Crippen LogP contribution in [-0.4, -0.2) is 21.0 Å². The maximum Gasteiger partial charge on any atom is 0.340 e. The fraction of sp³-hybridized carbons (Fsp3) is 0.158. The second-order valence-electron chi connectivity index (χ2n) is 5.41. The van der Waals surface area contributed by atoms with Crippen molar-refractivity contribution in [2.75, 3.05) is 6.61 Å². The van der Waals surface area contributed by atoms with Gasteiger partial charge in [-0.25, -0.2) is 13.2 Å². The zero-order valence-electron chi connectivity index (χ0n) is 14.4. The monoisotopic (exact) mass is 370 g/mol. The van der Waals surface area contributed by atoms with E-state index in [0.717, 1.165) is 11.8 Å². The SMILES string of the molecule is CCOC(=O)/C(=C\NS(=O)(=O)c1ccc(C)cc1)c1cccc(C#N)c1. The molecule has 0 aliphatic carbocycles. The Kier molecular flexibility index (Phi) is 6.15. The molecule has 7 heteroatoms. The molecule has 2 aromatic rings. The highest BCUT2D eigenvalue weighted by molar-refractivity contribution is 7.89. The number of ether oxygens (including phenoxy) is 1. The molecule has 0 aromatic heterocycles. The zero-order valence-corrected chi connectivity index (χ0v) is 15.2. The van der Waals surface area contributed by atoms with Crippen molar-refractivity contribution in [2.24, 2.45) is 0 Å². The van der Waals surface area contributed by atoms with Crippen LogP contribution in [-0.2, 0) is 19.6 Å². The Morgan fingerprint density at radius 3 is 2.54 bits per heavy atom. The van der Waals surface area contributed by atoms with Crippen LogP contribution < -0.4 is 4.72 Å². The van der Waals surface area contributed by atoms with Crippen LogP contribution in [0.2, 0.25) is 0 Å². The summed E-state index contributed by atoms with van der Waals surface area (Å²) in [6, 6.07) is 14.6. The van der Waals surface area contributed by atoms with Gasteiger partial charge < -0.3 is 4.74 Å². The summed E-state index contributed by atoms with van der Waals surface area (Å²) in [6.07, 6.45) is 1.09. The molecule has 0 bridgehead atoms. The summed E-state index contributed by atoms with van der Waals surface area (Å²) in [5.41, 5.74) is 1.67. The first-order valence-corrected chi connectivity index (χ1v) is 9.32. The average molecular weight is 370 g/mol. The summed E-state index contributed by atoms with van der Waals surface area (Å²) in [5, 5.41) is 9.02. The number of benzene rings is 2. The van der Waals surface area contributed by atoms with Crippen LogP contribution in [0.1, 0.15) is 23.6 Å². The summed E-state index contributed by atoms with van der Waals surface area (Å²) in [6.45, 7) is 3.64. The van der Waals surface area contributed by atoms with Crippen LogP contribution in [0.3, 0.4) is 0 Å². The van der Waals surface area contributed by atoms with E-state index in [9.17, 15) is 13.2 Å². The third-order valence-electron chi connectivity index (χ3n) is 3.49. The number of carbonyl (C=O) groups is 1. The molecule has 0 aliphatic rings. The molecule has 0 radical (unpaired) electrons. The van der Waals surface area contributed by atoms with E-state index < -0.39 is 16.0 Å². The number of nitrogens with one attached hydrogen (secondary N) is 1. The summed E-state index contributed by atoms with van der Waals surface area (Å²) in [7, 11) is -3.84. The number of hydrogen-bond donors (Lipinski definition) is 1. The third kappa shape index (κ3) is 4.71. The molecular weight excluding hydrogens is 352 g/mol. The highest BCUT2D eigenvalue weighted by atomic mass is 32.2. The van der Waals surface area contributed by atoms with Crippen molar-refractivity contribution in [1.82, 2.24) is 4.72 Å². The Morgan fingerprint density at radius 1 is 1.23 bits per heavy atom. The Hall–Kier alpha value is -3.11. The third-order valence-corrected chi connectivity index (χ3v) is 4.81. The minimum Gasteiger partial charge on any atom is -0.462 e. The first kappa shape index (κ1) is 19.2. The lowest BCUT2D eigenvalue weighted by atomic mass is 10.0. The highest BCUT2D eigenvalue weighted by Crippen LogP contribution is 2.18. The van der Waals surface area contributed by atoms with Crippen LogP contribution in [0.4, 0.5) is 0 Å². The summed E-state index contributed by atoms with van der Waals surface area (Å²) in [5.74, 6) is -0.686. The van der Waals surface area contributed by atoms with Gasteiger partial charge in [-0.3, -0.25) is 4.72 Å². The standard InChI is InChI=1S/C19H18N2O4S/c1-3-25-19(22)18(16-6-4-5-15(11-16)12-20)13-21-26(23,24)17-9-7-14(2)8-10-17/h4-11,13,21H,3H2,1-2H3/b18-13-. The number of esters is 1. The Morgan fingerprint density at radius 2 is 1.92 bits per heavy atom. The molecule has 0 unspecified atom stereocenters. The van der Waals surface area contributed by atoms with Crippen molar-refractivity contribution in [2.45, 2.75) is 18.7 Å². The molecule has 1 N–H and O–H groups in total. The smallest absolute Gasteiger partial charge is 0.340 e. The van der Waals surface area contributed by atoms with E-state index in [2.05, 4.69) is 4.72 Å². The molecule has 0 amide bonds. The van der Waals surface area contributed by atoms with Crippen LogP contribution in [0.5, 0.6) is 0 Å². The van der Waals surface area contributed by atoms with Crippen LogP contribution in [0.15, 0.2) is 59.6 Å².